The van der Waals surface area contributed by atoms with Crippen molar-refractivity contribution in [1.82, 2.24) is 0 Å². The summed E-state index contributed by atoms with van der Waals surface area (Å²) in [4.78, 5) is 26.2. The molecular weight excluding hydrogens is 416 g/mol. The van der Waals surface area contributed by atoms with Crippen LogP contribution in [0.3, 0.4) is 0 Å². The van der Waals surface area contributed by atoms with Crippen molar-refractivity contribution in [2.45, 2.75) is 6.92 Å². The number of carbonyl (C=O) groups is 2. The van der Waals surface area contributed by atoms with E-state index in [-0.39, 0.29) is 11.1 Å². The molecule has 132 valence electrons. The summed E-state index contributed by atoms with van der Waals surface area (Å²) in [6.07, 6.45) is 1.76. The van der Waals surface area contributed by atoms with Crippen LogP contribution in [0.2, 0.25) is 0 Å². The Bertz CT molecular complexity index is 909. The Morgan fingerprint density at radius 3 is 2.65 bits per heavy atom. The van der Waals surface area contributed by atoms with E-state index in [1.165, 1.54) is 4.90 Å². The van der Waals surface area contributed by atoms with Gasteiger partial charge < -0.3 is 4.74 Å². The number of amidine groups is 1. The molecule has 1 heterocycles. The molecule has 2 aromatic rings. The highest BCUT2D eigenvalue weighted by Gasteiger charge is 2.33. The Hall–Kier alpha value is -2.38. The van der Waals surface area contributed by atoms with Crippen molar-refractivity contribution in [3.8, 4) is 0 Å². The van der Waals surface area contributed by atoms with E-state index in [0.29, 0.717) is 22.8 Å². The van der Waals surface area contributed by atoms with Gasteiger partial charge in [-0.25, -0.2) is 4.79 Å². The molecule has 2 aromatic carbocycles. The fourth-order valence-corrected chi connectivity index (χ4v) is 3.71. The minimum atomic E-state index is -0.411. The van der Waals surface area contributed by atoms with Crippen LogP contribution in [0.5, 0.6) is 0 Å². The van der Waals surface area contributed by atoms with E-state index in [9.17, 15) is 9.59 Å². The Balaban J connectivity index is 1.84. The van der Waals surface area contributed by atoms with Crippen molar-refractivity contribution in [2.75, 3.05) is 11.5 Å². The number of amides is 1. The SMILES string of the molecule is CCOC(=O)c1ccc(N2C(=N)S/C(=C\c3cccc(Br)c3)C2=O)cc1. The zero-order valence-corrected chi connectivity index (χ0v) is 16.3. The van der Waals surface area contributed by atoms with Crippen LogP contribution in [0.15, 0.2) is 57.9 Å². The number of halogens is 1. The van der Waals surface area contributed by atoms with Gasteiger partial charge in [0.05, 0.1) is 22.8 Å². The molecule has 1 aliphatic rings. The number of nitrogens with zero attached hydrogens (tertiary/aromatic N) is 1. The number of ether oxygens (including phenoxy) is 1. The molecule has 26 heavy (non-hydrogen) atoms. The lowest BCUT2D eigenvalue weighted by Crippen LogP contribution is -2.28. The van der Waals surface area contributed by atoms with Crippen molar-refractivity contribution < 1.29 is 14.3 Å². The molecule has 1 aliphatic heterocycles. The summed E-state index contributed by atoms with van der Waals surface area (Å²) in [5, 5.41) is 8.27. The summed E-state index contributed by atoms with van der Waals surface area (Å²) >= 11 is 4.51. The third-order valence-corrected chi connectivity index (χ3v) is 4.99. The van der Waals surface area contributed by atoms with E-state index in [4.69, 9.17) is 10.1 Å². The molecule has 3 rings (SSSR count). The van der Waals surface area contributed by atoms with Crippen molar-refractivity contribution in [3.63, 3.8) is 0 Å². The van der Waals surface area contributed by atoms with Crippen LogP contribution in [0, 0.1) is 5.41 Å². The molecule has 0 saturated carbocycles. The zero-order valence-electron chi connectivity index (χ0n) is 13.9. The predicted octanol–water partition coefficient (Wildman–Crippen LogP) is 4.68. The third kappa shape index (κ3) is 3.89. The zero-order chi connectivity index (χ0) is 18.7. The maximum Gasteiger partial charge on any atom is 0.338 e. The number of thioether (sulfide) groups is 1. The van der Waals surface area contributed by atoms with Crippen LogP contribution in [-0.4, -0.2) is 23.7 Å². The first kappa shape index (κ1) is 18.4. The number of benzene rings is 2. The molecular formula is C19H15BrN2O3S. The molecule has 1 fully saturated rings. The number of carbonyl (C=O) groups excluding carboxylic acids is 2. The lowest BCUT2D eigenvalue weighted by molar-refractivity contribution is -0.113. The molecule has 0 bridgehead atoms. The summed E-state index contributed by atoms with van der Waals surface area (Å²) < 4.78 is 5.87. The van der Waals surface area contributed by atoms with Crippen molar-refractivity contribution in [1.29, 1.82) is 5.41 Å². The standard InChI is InChI=1S/C19H15BrN2O3S/c1-2-25-18(24)13-6-8-15(9-7-13)22-17(23)16(26-19(22)21)11-12-4-3-5-14(20)10-12/h3-11,21H,2H2,1H3/b16-11-,21-19?. The van der Waals surface area contributed by atoms with E-state index in [1.54, 1.807) is 37.3 Å². The monoisotopic (exact) mass is 430 g/mol. The number of hydrogen-bond donors (Lipinski definition) is 1. The second kappa shape index (κ2) is 7.88. The maximum absolute atomic E-state index is 12.7. The number of esters is 1. The molecule has 0 spiro atoms. The van der Waals surface area contributed by atoms with E-state index in [0.717, 1.165) is 21.8 Å². The van der Waals surface area contributed by atoms with Crippen LogP contribution in [-0.2, 0) is 9.53 Å². The fourth-order valence-electron chi connectivity index (χ4n) is 2.43. The summed E-state index contributed by atoms with van der Waals surface area (Å²) in [5.74, 6) is -0.671. The minimum Gasteiger partial charge on any atom is -0.462 e. The summed E-state index contributed by atoms with van der Waals surface area (Å²) in [6, 6.07) is 14.1. The molecule has 5 nitrogen and oxygen atoms in total. The lowest BCUT2D eigenvalue weighted by Gasteiger charge is -2.14. The Kier molecular flexibility index (Phi) is 5.58. The van der Waals surface area contributed by atoms with Gasteiger partial charge in [0, 0.05) is 4.47 Å². The smallest absolute Gasteiger partial charge is 0.338 e. The fraction of sp³-hybridized carbons (Fsp3) is 0.105. The highest BCUT2D eigenvalue weighted by Crippen LogP contribution is 2.35. The van der Waals surface area contributed by atoms with Crippen molar-refractivity contribution in [3.05, 3.63) is 69.0 Å². The van der Waals surface area contributed by atoms with Gasteiger partial charge in [-0.3, -0.25) is 15.1 Å². The van der Waals surface area contributed by atoms with Crippen LogP contribution in [0.25, 0.3) is 6.08 Å². The summed E-state index contributed by atoms with van der Waals surface area (Å²) in [5.41, 5.74) is 1.83. The van der Waals surface area contributed by atoms with E-state index < -0.39 is 5.97 Å². The van der Waals surface area contributed by atoms with E-state index in [2.05, 4.69) is 15.9 Å². The van der Waals surface area contributed by atoms with Crippen molar-refractivity contribution in [2.24, 2.45) is 0 Å². The number of rotatable bonds is 4. The Morgan fingerprint density at radius 1 is 1.27 bits per heavy atom. The summed E-state index contributed by atoms with van der Waals surface area (Å²) in [6.45, 7) is 2.04. The second-order valence-corrected chi connectivity index (χ2v) is 7.33. The lowest BCUT2D eigenvalue weighted by atomic mass is 10.2. The average Bonchev–Trinajstić information content (AvgIpc) is 2.89. The van der Waals surface area contributed by atoms with Gasteiger partial charge in [0.1, 0.15) is 0 Å². The first-order valence-electron chi connectivity index (χ1n) is 7.85. The predicted molar refractivity (Wildman–Crippen MR) is 107 cm³/mol. The quantitative estimate of drug-likeness (QED) is 0.564. The normalized spacial score (nSPS) is 15.6. The topological polar surface area (TPSA) is 70.5 Å². The number of hydrogen-bond acceptors (Lipinski definition) is 5. The van der Waals surface area contributed by atoms with Crippen LogP contribution >= 0.6 is 27.7 Å². The van der Waals surface area contributed by atoms with Gasteiger partial charge in [-0.2, -0.15) is 0 Å². The number of nitrogens with one attached hydrogen (secondary N) is 1. The molecule has 7 heteroatoms. The van der Waals surface area contributed by atoms with Crippen LogP contribution < -0.4 is 4.90 Å². The van der Waals surface area contributed by atoms with Gasteiger partial charge in [-0.05, 0) is 66.7 Å². The molecule has 0 unspecified atom stereocenters. The third-order valence-electron chi connectivity index (χ3n) is 3.61. The maximum atomic E-state index is 12.7. The molecule has 1 saturated heterocycles. The second-order valence-electron chi connectivity index (χ2n) is 5.38. The average molecular weight is 431 g/mol. The van der Waals surface area contributed by atoms with Gasteiger partial charge in [-0.15, -0.1) is 0 Å². The Labute approximate surface area is 163 Å². The van der Waals surface area contributed by atoms with Crippen LogP contribution in [0.4, 0.5) is 5.69 Å². The molecule has 0 aromatic heterocycles. The van der Waals surface area contributed by atoms with Gasteiger partial charge in [0.15, 0.2) is 5.17 Å². The molecule has 1 amide bonds. The first-order chi connectivity index (χ1) is 12.5. The molecule has 0 radical (unpaired) electrons. The van der Waals surface area contributed by atoms with Gasteiger partial charge in [0.25, 0.3) is 5.91 Å². The van der Waals surface area contributed by atoms with E-state index >= 15 is 0 Å². The minimum absolute atomic E-state index is 0.125. The van der Waals surface area contributed by atoms with Crippen LogP contribution in [0.1, 0.15) is 22.8 Å². The van der Waals surface area contributed by atoms with E-state index in [1.807, 2.05) is 24.3 Å². The molecule has 1 N–H and O–H groups in total. The van der Waals surface area contributed by atoms with Crippen molar-refractivity contribution >= 4 is 56.5 Å². The molecule has 0 atom stereocenters. The van der Waals surface area contributed by atoms with Gasteiger partial charge >= 0.3 is 5.97 Å². The van der Waals surface area contributed by atoms with Gasteiger partial charge in [-0.1, -0.05) is 28.1 Å². The highest BCUT2D eigenvalue weighted by molar-refractivity contribution is 9.10. The van der Waals surface area contributed by atoms with Gasteiger partial charge in [0.2, 0.25) is 0 Å². The largest absolute Gasteiger partial charge is 0.462 e. The summed E-state index contributed by atoms with van der Waals surface area (Å²) in [7, 11) is 0. The number of anilines is 1. The highest BCUT2D eigenvalue weighted by atomic mass is 79.9. The molecule has 0 aliphatic carbocycles. The Morgan fingerprint density at radius 2 is 2.00 bits per heavy atom. The first-order valence-corrected chi connectivity index (χ1v) is 9.46.